The number of halogens is 1. The van der Waals surface area contributed by atoms with Crippen molar-refractivity contribution in [3.63, 3.8) is 0 Å². The molecule has 1 aromatic rings. The van der Waals surface area contributed by atoms with Crippen LogP contribution < -0.4 is 0 Å². The van der Waals surface area contributed by atoms with Gasteiger partial charge >= 0.3 is 5.97 Å². The van der Waals surface area contributed by atoms with Gasteiger partial charge in [-0.1, -0.05) is 28.1 Å². The second-order valence-electron chi connectivity index (χ2n) is 7.26. The van der Waals surface area contributed by atoms with Gasteiger partial charge in [0.05, 0.1) is 5.56 Å². The van der Waals surface area contributed by atoms with Gasteiger partial charge in [0.15, 0.2) is 0 Å². The van der Waals surface area contributed by atoms with E-state index in [0.29, 0.717) is 23.2 Å². The zero-order chi connectivity index (χ0) is 15.7. The largest absolute Gasteiger partial charge is 0.458 e. The molecule has 0 radical (unpaired) electrons. The molecule has 4 aliphatic rings. The number of Topliss-reactive ketones (excluding diaryl/α,β-unsaturated/α-hetero) is 1. The number of fused-ring (bicyclic) bond motifs is 9. The van der Waals surface area contributed by atoms with Crippen LogP contribution in [0.1, 0.15) is 23.2 Å². The molecule has 4 heteroatoms. The van der Waals surface area contributed by atoms with Crippen molar-refractivity contribution in [2.75, 3.05) is 0 Å². The number of hydrogen-bond donors (Lipinski definition) is 0. The molecule has 0 aromatic heterocycles. The Bertz CT molecular complexity index is 693. The van der Waals surface area contributed by atoms with Crippen molar-refractivity contribution in [1.29, 1.82) is 0 Å². The van der Waals surface area contributed by atoms with E-state index in [4.69, 9.17) is 4.74 Å². The van der Waals surface area contributed by atoms with Crippen molar-refractivity contribution in [3.8, 4) is 0 Å². The lowest BCUT2D eigenvalue weighted by molar-refractivity contribution is -0.122. The maximum atomic E-state index is 12.5. The third-order valence-electron chi connectivity index (χ3n) is 6.42. The molecule has 0 saturated heterocycles. The molecule has 5 rings (SSSR count). The number of benzene rings is 1. The molecule has 0 N–H and O–H groups in total. The maximum absolute atomic E-state index is 12.5. The van der Waals surface area contributed by atoms with E-state index in [-0.39, 0.29) is 35.7 Å². The van der Waals surface area contributed by atoms with Gasteiger partial charge in [-0.05, 0) is 48.9 Å². The minimum Gasteiger partial charge on any atom is -0.458 e. The molecule has 4 aliphatic carbocycles. The normalized spacial score (nSPS) is 42.3. The molecular formula is C19H17BrO3. The lowest BCUT2D eigenvalue weighted by atomic mass is 9.73. The zero-order valence-corrected chi connectivity index (χ0v) is 14.1. The second-order valence-corrected chi connectivity index (χ2v) is 8.18. The van der Waals surface area contributed by atoms with Gasteiger partial charge in [0.2, 0.25) is 0 Å². The van der Waals surface area contributed by atoms with E-state index in [9.17, 15) is 9.59 Å². The van der Waals surface area contributed by atoms with Crippen LogP contribution in [0.5, 0.6) is 0 Å². The summed E-state index contributed by atoms with van der Waals surface area (Å²) < 4.78 is 6.84. The molecule has 0 aliphatic heterocycles. The van der Waals surface area contributed by atoms with Crippen LogP contribution >= 0.6 is 15.9 Å². The molecule has 4 bridgehead atoms. The predicted octanol–water partition coefficient (Wildman–Crippen LogP) is 3.63. The first kappa shape index (κ1) is 14.0. The predicted molar refractivity (Wildman–Crippen MR) is 87.7 cm³/mol. The van der Waals surface area contributed by atoms with Gasteiger partial charge in [-0.15, -0.1) is 0 Å². The van der Waals surface area contributed by atoms with Crippen molar-refractivity contribution in [2.45, 2.75) is 18.9 Å². The molecule has 1 aromatic carbocycles. The first-order valence-corrected chi connectivity index (χ1v) is 9.13. The Morgan fingerprint density at radius 3 is 2.13 bits per heavy atom. The average Bonchev–Trinajstić information content (AvgIpc) is 3.27. The van der Waals surface area contributed by atoms with Crippen LogP contribution in [-0.4, -0.2) is 17.9 Å². The van der Waals surface area contributed by atoms with E-state index < -0.39 is 0 Å². The van der Waals surface area contributed by atoms with Crippen LogP contribution in [0.25, 0.3) is 0 Å². The second kappa shape index (κ2) is 4.79. The van der Waals surface area contributed by atoms with E-state index in [0.717, 1.165) is 17.3 Å². The summed E-state index contributed by atoms with van der Waals surface area (Å²) in [5, 5.41) is 0. The smallest absolute Gasteiger partial charge is 0.338 e. The minimum absolute atomic E-state index is 0.0719. The van der Waals surface area contributed by atoms with Gasteiger partial charge < -0.3 is 4.74 Å². The van der Waals surface area contributed by atoms with Gasteiger partial charge in [0, 0.05) is 28.1 Å². The maximum Gasteiger partial charge on any atom is 0.338 e. The molecule has 3 fully saturated rings. The fourth-order valence-corrected chi connectivity index (χ4v) is 5.89. The quantitative estimate of drug-likeness (QED) is 0.452. The molecule has 23 heavy (non-hydrogen) atoms. The molecule has 1 unspecified atom stereocenters. The minimum atomic E-state index is -0.250. The molecule has 0 spiro atoms. The zero-order valence-electron chi connectivity index (χ0n) is 12.5. The Labute approximate surface area is 143 Å². The van der Waals surface area contributed by atoms with Crippen LogP contribution in [0.2, 0.25) is 0 Å². The summed E-state index contributed by atoms with van der Waals surface area (Å²) in [4.78, 5) is 24.8. The number of esters is 1. The molecule has 118 valence electrons. The molecule has 3 nitrogen and oxygen atoms in total. The Morgan fingerprint density at radius 2 is 1.57 bits per heavy atom. The van der Waals surface area contributed by atoms with Crippen molar-refractivity contribution in [3.05, 3.63) is 46.5 Å². The fraction of sp³-hybridized carbons (Fsp3) is 0.474. The van der Waals surface area contributed by atoms with Crippen LogP contribution in [0.3, 0.4) is 0 Å². The highest BCUT2D eigenvalue weighted by Crippen LogP contribution is 2.64. The highest BCUT2D eigenvalue weighted by Gasteiger charge is 2.66. The van der Waals surface area contributed by atoms with E-state index in [1.165, 1.54) is 0 Å². The molecule has 7 atom stereocenters. The summed E-state index contributed by atoms with van der Waals surface area (Å²) in [6.45, 7) is 0. The molecule has 3 saturated carbocycles. The third kappa shape index (κ3) is 1.81. The summed E-state index contributed by atoms with van der Waals surface area (Å²) in [6.07, 6.45) is 6.39. The summed E-state index contributed by atoms with van der Waals surface area (Å²) in [7, 11) is 0. The Morgan fingerprint density at radius 1 is 1.00 bits per heavy atom. The standard InChI is InChI=1S/C19H17BrO3/c20-10-3-1-9(2-4-10)19(22)23-18-13-7-8-14(18)16-12-6-5-11(15(13)16)17(12)21/h1-4,7-8,11-16,18H,5-6H2/t11-,12+,13-,14+,15+,16-,18?. The van der Waals surface area contributed by atoms with Crippen LogP contribution in [0.4, 0.5) is 0 Å². The number of carbonyl (C=O) groups excluding carboxylic acids is 2. The van der Waals surface area contributed by atoms with Crippen LogP contribution in [0, 0.1) is 35.5 Å². The van der Waals surface area contributed by atoms with E-state index in [2.05, 4.69) is 28.1 Å². The highest BCUT2D eigenvalue weighted by molar-refractivity contribution is 9.10. The summed E-state index contributed by atoms with van der Waals surface area (Å²) in [5.41, 5.74) is 0.587. The van der Waals surface area contributed by atoms with E-state index in [1.54, 1.807) is 12.1 Å². The third-order valence-corrected chi connectivity index (χ3v) is 6.95. The number of ether oxygens (including phenoxy) is 1. The Kier molecular flexibility index (Phi) is 2.91. The van der Waals surface area contributed by atoms with Crippen molar-refractivity contribution >= 4 is 27.7 Å². The number of hydrogen-bond acceptors (Lipinski definition) is 3. The van der Waals surface area contributed by atoms with E-state index in [1.807, 2.05) is 12.1 Å². The lowest BCUT2D eigenvalue weighted by Gasteiger charge is -2.29. The van der Waals surface area contributed by atoms with Crippen molar-refractivity contribution in [1.82, 2.24) is 0 Å². The van der Waals surface area contributed by atoms with Crippen molar-refractivity contribution < 1.29 is 14.3 Å². The SMILES string of the molecule is O=C(OC1[C@H]2C=C[C@@H]1[C@H]1[C@@H]2[C@@H]2CC[C@H]1C2=O)c1ccc(Br)cc1. The molecular weight excluding hydrogens is 356 g/mol. The average molecular weight is 373 g/mol. The van der Waals surface area contributed by atoms with Crippen LogP contribution in [0.15, 0.2) is 40.9 Å². The monoisotopic (exact) mass is 372 g/mol. The molecule has 0 heterocycles. The lowest BCUT2D eigenvalue weighted by Crippen LogP contribution is -2.27. The van der Waals surface area contributed by atoms with Crippen molar-refractivity contribution in [2.24, 2.45) is 35.5 Å². The summed E-state index contributed by atoms with van der Waals surface area (Å²) in [6, 6.07) is 7.27. The number of carbonyl (C=O) groups is 2. The van der Waals surface area contributed by atoms with Crippen LogP contribution in [-0.2, 0) is 9.53 Å². The highest BCUT2D eigenvalue weighted by atomic mass is 79.9. The summed E-state index contributed by atoms with van der Waals surface area (Å²) in [5.74, 6) is 1.99. The Balaban J connectivity index is 1.39. The Hall–Kier alpha value is -1.42. The first-order valence-electron chi connectivity index (χ1n) is 8.34. The van der Waals surface area contributed by atoms with Gasteiger partial charge in [0.1, 0.15) is 11.9 Å². The first-order chi connectivity index (χ1) is 11.1. The number of ketones is 1. The van der Waals surface area contributed by atoms with Gasteiger partial charge in [-0.2, -0.15) is 0 Å². The summed E-state index contributed by atoms with van der Waals surface area (Å²) >= 11 is 3.38. The molecule has 0 amide bonds. The van der Waals surface area contributed by atoms with Gasteiger partial charge in [0.25, 0.3) is 0 Å². The number of rotatable bonds is 2. The van der Waals surface area contributed by atoms with E-state index >= 15 is 0 Å². The van der Waals surface area contributed by atoms with Gasteiger partial charge in [-0.3, -0.25) is 4.79 Å². The van der Waals surface area contributed by atoms with Gasteiger partial charge in [-0.25, -0.2) is 4.79 Å². The fourth-order valence-electron chi connectivity index (χ4n) is 5.63. The topological polar surface area (TPSA) is 43.4 Å².